The number of hydrogen-bond donors (Lipinski definition) is 1. The number of halogens is 1. The molecule has 0 aromatic heterocycles. The maximum Gasteiger partial charge on any atom is 0.237 e. The van der Waals surface area contributed by atoms with Gasteiger partial charge in [0, 0.05) is 9.92 Å². The molecule has 0 fully saturated rings. The van der Waals surface area contributed by atoms with Gasteiger partial charge in [-0.05, 0) is 55.5 Å². The topological polar surface area (TPSA) is 38.3 Å². The Hall–Kier alpha value is -2.43. The second-order valence-electron chi connectivity index (χ2n) is 5.61. The predicted molar refractivity (Wildman–Crippen MR) is 108 cm³/mol. The van der Waals surface area contributed by atoms with Crippen molar-refractivity contribution in [1.29, 1.82) is 0 Å². The van der Waals surface area contributed by atoms with E-state index < -0.39 is 0 Å². The standard InChI is InChI=1S/C21H18ClNO2S/c1-15(26-18-13-11-16(22)12-14-18)21(24)23-19-9-5-6-10-20(19)25-17-7-3-2-4-8-17/h2-15H,1H3,(H,23,24)/t15-/m0/s1. The molecule has 132 valence electrons. The van der Waals surface area contributed by atoms with E-state index in [0.717, 1.165) is 10.6 Å². The van der Waals surface area contributed by atoms with Crippen LogP contribution in [-0.4, -0.2) is 11.2 Å². The zero-order chi connectivity index (χ0) is 18.4. The highest BCUT2D eigenvalue weighted by molar-refractivity contribution is 8.00. The molecule has 3 aromatic carbocycles. The second-order valence-corrected chi connectivity index (χ2v) is 7.47. The third-order valence-corrected chi connectivity index (χ3v) is 4.98. The van der Waals surface area contributed by atoms with Gasteiger partial charge in [-0.3, -0.25) is 4.79 Å². The summed E-state index contributed by atoms with van der Waals surface area (Å²) in [5.74, 6) is 1.24. The van der Waals surface area contributed by atoms with E-state index in [0.29, 0.717) is 16.5 Å². The molecule has 0 saturated carbocycles. The van der Waals surface area contributed by atoms with Crippen LogP contribution in [-0.2, 0) is 4.79 Å². The first-order valence-electron chi connectivity index (χ1n) is 8.17. The molecule has 3 nitrogen and oxygen atoms in total. The predicted octanol–water partition coefficient (Wildman–Crippen LogP) is 6.25. The van der Waals surface area contributed by atoms with Crippen LogP contribution in [0.15, 0.2) is 83.8 Å². The first-order chi connectivity index (χ1) is 12.6. The van der Waals surface area contributed by atoms with Crippen LogP contribution in [0.5, 0.6) is 11.5 Å². The number of rotatable bonds is 6. The minimum Gasteiger partial charge on any atom is -0.455 e. The fraction of sp³-hybridized carbons (Fsp3) is 0.0952. The number of carbonyl (C=O) groups is 1. The Morgan fingerprint density at radius 3 is 2.35 bits per heavy atom. The van der Waals surface area contributed by atoms with Crippen LogP contribution in [0.3, 0.4) is 0 Å². The van der Waals surface area contributed by atoms with Gasteiger partial charge in [0.05, 0.1) is 10.9 Å². The molecule has 3 aromatic rings. The molecule has 0 aliphatic heterocycles. The summed E-state index contributed by atoms with van der Waals surface area (Å²) in [6, 6.07) is 24.3. The van der Waals surface area contributed by atoms with Crippen LogP contribution in [0.1, 0.15) is 6.92 Å². The summed E-state index contributed by atoms with van der Waals surface area (Å²) in [6.45, 7) is 1.87. The maximum atomic E-state index is 12.6. The molecule has 0 radical (unpaired) electrons. The lowest BCUT2D eigenvalue weighted by molar-refractivity contribution is -0.115. The van der Waals surface area contributed by atoms with Gasteiger partial charge in [-0.1, -0.05) is 41.9 Å². The Morgan fingerprint density at radius 1 is 0.962 bits per heavy atom. The lowest BCUT2D eigenvalue weighted by Crippen LogP contribution is -2.22. The SMILES string of the molecule is C[C@H](Sc1ccc(Cl)cc1)C(=O)Nc1ccccc1Oc1ccccc1. The van der Waals surface area contributed by atoms with Gasteiger partial charge in [0.1, 0.15) is 5.75 Å². The Balaban J connectivity index is 1.68. The number of para-hydroxylation sites is 3. The van der Waals surface area contributed by atoms with E-state index in [1.807, 2.05) is 85.8 Å². The van der Waals surface area contributed by atoms with Crippen molar-refractivity contribution in [3.8, 4) is 11.5 Å². The third-order valence-electron chi connectivity index (χ3n) is 3.61. The summed E-state index contributed by atoms with van der Waals surface area (Å²) >= 11 is 7.38. The zero-order valence-electron chi connectivity index (χ0n) is 14.2. The van der Waals surface area contributed by atoms with E-state index in [4.69, 9.17) is 16.3 Å². The third kappa shape index (κ3) is 5.04. The summed E-state index contributed by atoms with van der Waals surface area (Å²) < 4.78 is 5.89. The minimum atomic E-state index is -0.263. The van der Waals surface area contributed by atoms with E-state index in [9.17, 15) is 4.79 Å². The first-order valence-corrected chi connectivity index (χ1v) is 9.42. The highest BCUT2D eigenvalue weighted by Crippen LogP contribution is 2.31. The van der Waals surface area contributed by atoms with Gasteiger partial charge in [-0.2, -0.15) is 0 Å². The molecule has 5 heteroatoms. The molecule has 1 atom stereocenters. The summed E-state index contributed by atoms with van der Waals surface area (Å²) in [4.78, 5) is 13.6. The largest absolute Gasteiger partial charge is 0.455 e. The Labute approximate surface area is 162 Å². The van der Waals surface area contributed by atoms with Gasteiger partial charge in [0.15, 0.2) is 5.75 Å². The number of hydrogen-bond acceptors (Lipinski definition) is 3. The van der Waals surface area contributed by atoms with Crippen LogP contribution in [0, 0.1) is 0 Å². The van der Waals surface area contributed by atoms with Gasteiger partial charge in [0.2, 0.25) is 5.91 Å². The number of benzene rings is 3. The van der Waals surface area contributed by atoms with Crippen LogP contribution in [0.25, 0.3) is 0 Å². The number of anilines is 1. The molecular weight excluding hydrogens is 366 g/mol. The molecule has 0 aliphatic carbocycles. The van der Waals surface area contributed by atoms with Gasteiger partial charge in [-0.25, -0.2) is 0 Å². The molecule has 26 heavy (non-hydrogen) atoms. The molecule has 1 amide bonds. The first kappa shape index (κ1) is 18.4. The molecule has 0 bridgehead atoms. The Morgan fingerprint density at radius 2 is 1.62 bits per heavy atom. The van der Waals surface area contributed by atoms with Crippen molar-refractivity contribution in [2.45, 2.75) is 17.1 Å². The number of ether oxygens (including phenoxy) is 1. The molecular formula is C21H18ClNO2S. The van der Waals surface area contributed by atoms with Gasteiger partial charge in [0.25, 0.3) is 0 Å². The smallest absolute Gasteiger partial charge is 0.237 e. The summed E-state index contributed by atoms with van der Waals surface area (Å²) in [5.41, 5.74) is 0.643. The quantitative estimate of drug-likeness (QED) is 0.511. The molecule has 0 saturated heterocycles. The minimum absolute atomic E-state index is 0.0888. The highest BCUT2D eigenvalue weighted by atomic mass is 35.5. The molecule has 0 heterocycles. The summed E-state index contributed by atoms with van der Waals surface area (Å²) in [7, 11) is 0. The normalized spacial score (nSPS) is 11.6. The fourth-order valence-electron chi connectivity index (χ4n) is 2.28. The maximum absolute atomic E-state index is 12.6. The van der Waals surface area contributed by atoms with E-state index >= 15 is 0 Å². The van der Waals surface area contributed by atoms with E-state index in [1.54, 1.807) is 0 Å². The number of amides is 1. The summed E-state index contributed by atoms with van der Waals surface area (Å²) in [5, 5.41) is 3.37. The molecule has 0 spiro atoms. The van der Waals surface area contributed by atoms with Gasteiger partial charge >= 0.3 is 0 Å². The molecule has 0 unspecified atom stereocenters. The molecule has 1 N–H and O–H groups in total. The lowest BCUT2D eigenvalue weighted by Gasteiger charge is -2.15. The number of thioether (sulfide) groups is 1. The van der Waals surface area contributed by atoms with Crippen molar-refractivity contribution < 1.29 is 9.53 Å². The Bertz CT molecular complexity index is 869. The molecule has 3 rings (SSSR count). The van der Waals surface area contributed by atoms with Crippen LogP contribution < -0.4 is 10.1 Å². The van der Waals surface area contributed by atoms with E-state index in [-0.39, 0.29) is 11.2 Å². The lowest BCUT2D eigenvalue weighted by atomic mass is 10.2. The van der Waals surface area contributed by atoms with Crippen LogP contribution >= 0.6 is 23.4 Å². The van der Waals surface area contributed by atoms with Gasteiger partial charge < -0.3 is 10.1 Å². The second kappa shape index (κ2) is 8.79. The average Bonchev–Trinajstić information content (AvgIpc) is 2.66. The zero-order valence-corrected chi connectivity index (χ0v) is 15.8. The van der Waals surface area contributed by atoms with E-state index in [2.05, 4.69) is 5.32 Å². The van der Waals surface area contributed by atoms with Crippen LogP contribution in [0.4, 0.5) is 5.69 Å². The van der Waals surface area contributed by atoms with Crippen LogP contribution in [0.2, 0.25) is 5.02 Å². The van der Waals surface area contributed by atoms with Crippen molar-refractivity contribution in [1.82, 2.24) is 0 Å². The van der Waals surface area contributed by atoms with Crippen molar-refractivity contribution in [3.63, 3.8) is 0 Å². The van der Waals surface area contributed by atoms with Crippen molar-refractivity contribution >= 4 is 35.0 Å². The van der Waals surface area contributed by atoms with Crippen molar-refractivity contribution in [2.24, 2.45) is 0 Å². The summed E-state index contributed by atoms with van der Waals surface area (Å²) in [6.07, 6.45) is 0. The fourth-order valence-corrected chi connectivity index (χ4v) is 3.27. The number of carbonyl (C=O) groups excluding carboxylic acids is 1. The monoisotopic (exact) mass is 383 g/mol. The highest BCUT2D eigenvalue weighted by Gasteiger charge is 2.16. The van der Waals surface area contributed by atoms with E-state index in [1.165, 1.54) is 11.8 Å². The van der Waals surface area contributed by atoms with Crippen molar-refractivity contribution in [3.05, 3.63) is 83.9 Å². The average molecular weight is 384 g/mol. The van der Waals surface area contributed by atoms with Gasteiger partial charge in [-0.15, -0.1) is 11.8 Å². The number of nitrogens with one attached hydrogen (secondary N) is 1. The Kier molecular flexibility index (Phi) is 6.21. The molecule has 0 aliphatic rings. The van der Waals surface area contributed by atoms with Crippen molar-refractivity contribution in [2.75, 3.05) is 5.32 Å².